The molecule has 0 spiro atoms. The summed E-state index contributed by atoms with van der Waals surface area (Å²) in [4.78, 5) is 0. The maximum atomic E-state index is 12.4. The Morgan fingerprint density at radius 2 is 2.18 bits per heavy atom. The summed E-state index contributed by atoms with van der Waals surface area (Å²) in [5.41, 5.74) is -0.822. The van der Waals surface area contributed by atoms with Crippen molar-refractivity contribution in [2.24, 2.45) is 0 Å². The minimum absolute atomic E-state index is 0.0183. The first kappa shape index (κ1) is 12.4. The Balaban J connectivity index is 2.09. The minimum Gasteiger partial charge on any atom is -0.381 e. The Morgan fingerprint density at radius 1 is 1.41 bits per heavy atom. The quantitative estimate of drug-likeness (QED) is 0.804. The first-order valence-corrected chi connectivity index (χ1v) is 5.66. The van der Waals surface area contributed by atoms with Crippen LogP contribution in [-0.4, -0.2) is 23.0 Å². The van der Waals surface area contributed by atoms with Gasteiger partial charge in [-0.05, 0) is 31.7 Å². The van der Waals surface area contributed by atoms with Gasteiger partial charge in [0.15, 0.2) is 5.69 Å². The van der Waals surface area contributed by atoms with E-state index in [1.54, 1.807) is 7.11 Å². The summed E-state index contributed by atoms with van der Waals surface area (Å²) in [6.07, 6.45) is 0.706. The van der Waals surface area contributed by atoms with Crippen molar-refractivity contribution in [3.63, 3.8) is 0 Å². The minimum atomic E-state index is -4.36. The van der Waals surface area contributed by atoms with E-state index in [2.05, 4.69) is 5.10 Å². The molecule has 1 aliphatic carbocycles. The van der Waals surface area contributed by atoms with Gasteiger partial charge in [-0.15, -0.1) is 0 Å². The van der Waals surface area contributed by atoms with Gasteiger partial charge >= 0.3 is 6.18 Å². The molecule has 2 atom stereocenters. The van der Waals surface area contributed by atoms with Crippen molar-refractivity contribution in [3.05, 3.63) is 18.0 Å². The van der Waals surface area contributed by atoms with Crippen LogP contribution in [0.5, 0.6) is 0 Å². The molecule has 1 aliphatic rings. The molecule has 2 unspecified atom stereocenters. The highest BCUT2D eigenvalue weighted by atomic mass is 19.4. The zero-order valence-electron chi connectivity index (χ0n) is 9.57. The lowest BCUT2D eigenvalue weighted by atomic mass is 9.93. The van der Waals surface area contributed by atoms with Crippen LogP contribution in [0.2, 0.25) is 0 Å². The van der Waals surface area contributed by atoms with Crippen molar-refractivity contribution < 1.29 is 17.9 Å². The highest BCUT2D eigenvalue weighted by Gasteiger charge is 2.34. The fourth-order valence-corrected chi connectivity index (χ4v) is 2.27. The predicted molar refractivity (Wildman–Crippen MR) is 55.5 cm³/mol. The molecule has 0 bridgehead atoms. The highest BCUT2D eigenvalue weighted by molar-refractivity contribution is 5.04. The molecular weight excluding hydrogens is 233 g/mol. The maximum Gasteiger partial charge on any atom is 0.435 e. The topological polar surface area (TPSA) is 27.1 Å². The van der Waals surface area contributed by atoms with Gasteiger partial charge in [0.1, 0.15) is 0 Å². The molecule has 1 heterocycles. The molecule has 0 aromatic carbocycles. The molecule has 0 amide bonds. The number of aromatic nitrogens is 2. The highest BCUT2D eigenvalue weighted by Crippen LogP contribution is 2.32. The normalized spacial score (nSPS) is 26.1. The van der Waals surface area contributed by atoms with E-state index in [9.17, 15) is 13.2 Å². The molecule has 1 fully saturated rings. The molecule has 96 valence electrons. The molecule has 0 radical (unpaired) electrons. The summed E-state index contributed by atoms with van der Waals surface area (Å²) in [5.74, 6) is 0. The van der Waals surface area contributed by atoms with Crippen LogP contribution in [0, 0.1) is 0 Å². The Hall–Kier alpha value is -1.04. The van der Waals surface area contributed by atoms with Crippen molar-refractivity contribution in [2.45, 2.75) is 44.0 Å². The van der Waals surface area contributed by atoms with E-state index >= 15 is 0 Å². The number of halogens is 3. The molecule has 1 aromatic heterocycles. The Bertz CT molecular complexity index is 375. The predicted octanol–water partition coefficient (Wildman–Crippen LogP) is 3.03. The second-order valence-corrected chi connectivity index (χ2v) is 4.36. The van der Waals surface area contributed by atoms with Gasteiger partial charge in [-0.2, -0.15) is 18.3 Å². The van der Waals surface area contributed by atoms with E-state index in [4.69, 9.17) is 4.74 Å². The average Bonchev–Trinajstić information content (AvgIpc) is 2.78. The molecule has 0 aliphatic heterocycles. The van der Waals surface area contributed by atoms with Gasteiger partial charge in [-0.25, -0.2) is 0 Å². The zero-order chi connectivity index (χ0) is 12.5. The summed E-state index contributed by atoms with van der Waals surface area (Å²) in [6.45, 7) is 0. The molecule has 2 rings (SSSR count). The van der Waals surface area contributed by atoms with E-state index < -0.39 is 11.9 Å². The van der Waals surface area contributed by atoms with Crippen molar-refractivity contribution in [2.75, 3.05) is 7.11 Å². The maximum absolute atomic E-state index is 12.4. The van der Waals surface area contributed by atoms with Gasteiger partial charge < -0.3 is 4.74 Å². The van der Waals surface area contributed by atoms with Crippen LogP contribution < -0.4 is 0 Å². The van der Waals surface area contributed by atoms with Crippen LogP contribution in [0.3, 0.4) is 0 Å². The van der Waals surface area contributed by atoms with Gasteiger partial charge in [-0.3, -0.25) is 4.68 Å². The van der Waals surface area contributed by atoms with Crippen LogP contribution >= 0.6 is 0 Å². The SMILES string of the molecule is COC1CCCC(n2ccc(C(F)(F)F)n2)C1. The molecule has 3 nitrogen and oxygen atoms in total. The van der Waals surface area contributed by atoms with E-state index in [-0.39, 0.29) is 12.1 Å². The molecular formula is C11H15F3N2O. The number of hydrogen-bond donors (Lipinski definition) is 0. The first-order valence-electron chi connectivity index (χ1n) is 5.66. The second kappa shape index (κ2) is 4.68. The Morgan fingerprint density at radius 3 is 2.76 bits per heavy atom. The fraction of sp³-hybridized carbons (Fsp3) is 0.727. The molecule has 0 saturated heterocycles. The van der Waals surface area contributed by atoms with Crippen molar-refractivity contribution in [3.8, 4) is 0 Å². The average molecular weight is 248 g/mol. The van der Waals surface area contributed by atoms with Gasteiger partial charge in [0.05, 0.1) is 12.1 Å². The molecule has 0 N–H and O–H groups in total. The standard InChI is InChI=1S/C11H15F3N2O/c1-17-9-4-2-3-8(7-9)16-6-5-10(15-16)11(12,13)14/h5-6,8-9H,2-4,7H2,1H3. The van der Waals surface area contributed by atoms with Gasteiger partial charge in [0.25, 0.3) is 0 Å². The lowest BCUT2D eigenvalue weighted by Crippen LogP contribution is -2.24. The zero-order valence-corrected chi connectivity index (χ0v) is 9.57. The number of rotatable bonds is 2. The number of methoxy groups -OCH3 is 1. The smallest absolute Gasteiger partial charge is 0.381 e. The van der Waals surface area contributed by atoms with Gasteiger partial charge in [-0.1, -0.05) is 0 Å². The number of ether oxygens (including phenoxy) is 1. The summed E-state index contributed by atoms with van der Waals surface area (Å²) < 4.78 is 43.9. The Kier molecular flexibility index (Phi) is 3.42. The third kappa shape index (κ3) is 2.80. The molecule has 1 saturated carbocycles. The van der Waals surface area contributed by atoms with E-state index in [0.29, 0.717) is 0 Å². The van der Waals surface area contributed by atoms with Gasteiger partial charge in [0.2, 0.25) is 0 Å². The van der Waals surface area contributed by atoms with Crippen LogP contribution in [0.15, 0.2) is 12.3 Å². The first-order chi connectivity index (χ1) is 8.00. The van der Waals surface area contributed by atoms with Crippen LogP contribution in [0.4, 0.5) is 13.2 Å². The molecule has 17 heavy (non-hydrogen) atoms. The fourth-order valence-electron chi connectivity index (χ4n) is 2.27. The Labute approximate surface area is 97.6 Å². The van der Waals surface area contributed by atoms with E-state index in [1.165, 1.54) is 10.9 Å². The molecule has 1 aromatic rings. The van der Waals surface area contributed by atoms with E-state index in [0.717, 1.165) is 31.7 Å². The summed E-state index contributed by atoms with van der Waals surface area (Å²) in [7, 11) is 1.64. The third-order valence-corrected chi connectivity index (χ3v) is 3.20. The van der Waals surface area contributed by atoms with Crippen LogP contribution in [0.1, 0.15) is 37.4 Å². The van der Waals surface area contributed by atoms with E-state index in [1.807, 2.05) is 0 Å². The lowest BCUT2D eigenvalue weighted by Gasteiger charge is -2.28. The van der Waals surface area contributed by atoms with Crippen molar-refractivity contribution in [1.82, 2.24) is 9.78 Å². The van der Waals surface area contributed by atoms with Crippen LogP contribution in [-0.2, 0) is 10.9 Å². The van der Waals surface area contributed by atoms with Crippen LogP contribution in [0.25, 0.3) is 0 Å². The summed E-state index contributed by atoms with van der Waals surface area (Å²) in [6, 6.07) is 1.04. The summed E-state index contributed by atoms with van der Waals surface area (Å²) in [5, 5.41) is 3.61. The lowest BCUT2D eigenvalue weighted by molar-refractivity contribution is -0.141. The largest absolute Gasteiger partial charge is 0.435 e. The number of hydrogen-bond acceptors (Lipinski definition) is 2. The third-order valence-electron chi connectivity index (χ3n) is 3.20. The monoisotopic (exact) mass is 248 g/mol. The van der Waals surface area contributed by atoms with Gasteiger partial charge in [0, 0.05) is 13.3 Å². The number of nitrogens with zero attached hydrogens (tertiary/aromatic N) is 2. The van der Waals surface area contributed by atoms with Crippen molar-refractivity contribution in [1.29, 1.82) is 0 Å². The summed E-state index contributed by atoms with van der Waals surface area (Å²) >= 11 is 0. The molecule has 6 heteroatoms. The number of alkyl halides is 3. The second-order valence-electron chi connectivity index (χ2n) is 4.36. The van der Waals surface area contributed by atoms with Crippen molar-refractivity contribution >= 4 is 0 Å².